The zero-order chi connectivity index (χ0) is 10.6. The SMILES string of the molecule is CC(=O)N(N=C(C)N)c1ccccc1. The molecule has 0 fully saturated rings. The smallest absolute Gasteiger partial charge is 0.244 e. The molecule has 4 nitrogen and oxygen atoms in total. The summed E-state index contributed by atoms with van der Waals surface area (Å²) < 4.78 is 0. The number of hydrogen-bond acceptors (Lipinski definition) is 2. The van der Waals surface area contributed by atoms with Crippen LogP contribution in [0.15, 0.2) is 35.4 Å². The first kappa shape index (κ1) is 10.2. The second-order valence-electron chi connectivity index (χ2n) is 2.91. The molecule has 14 heavy (non-hydrogen) atoms. The first-order valence-electron chi connectivity index (χ1n) is 4.27. The number of carbonyl (C=O) groups excluding carboxylic acids is 1. The Bertz CT molecular complexity index is 342. The Kier molecular flexibility index (Phi) is 3.23. The molecule has 4 heteroatoms. The number of amides is 1. The number of para-hydroxylation sites is 1. The van der Waals surface area contributed by atoms with E-state index in [1.807, 2.05) is 18.2 Å². The van der Waals surface area contributed by atoms with Crippen LogP contribution in [-0.4, -0.2) is 11.7 Å². The molecular formula is C10H13N3O. The van der Waals surface area contributed by atoms with E-state index in [-0.39, 0.29) is 5.91 Å². The maximum Gasteiger partial charge on any atom is 0.244 e. The van der Waals surface area contributed by atoms with Gasteiger partial charge in [0.1, 0.15) is 5.84 Å². The fraction of sp³-hybridized carbons (Fsp3) is 0.200. The zero-order valence-corrected chi connectivity index (χ0v) is 8.27. The molecule has 0 spiro atoms. The highest BCUT2D eigenvalue weighted by Gasteiger charge is 2.08. The van der Waals surface area contributed by atoms with Crippen LogP contribution in [-0.2, 0) is 4.79 Å². The van der Waals surface area contributed by atoms with E-state index in [1.165, 1.54) is 11.9 Å². The van der Waals surface area contributed by atoms with Gasteiger partial charge >= 0.3 is 0 Å². The van der Waals surface area contributed by atoms with Gasteiger partial charge < -0.3 is 5.73 Å². The Hall–Kier alpha value is -1.84. The van der Waals surface area contributed by atoms with E-state index in [0.717, 1.165) is 0 Å². The average Bonchev–Trinajstić information content (AvgIpc) is 2.15. The topological polar surface area (TPSA) is 58.7 Å². The van der Waals surface area contributed by atoms with Crippen molar-refractivity contribution in [1.82, 2.24) is 0 Å². The van der Waals surface area contributed by atoms with Gasteiger partial charge in [0.2, 0.25) is 5.91 Å². The first-order chi connectivity index (χ1) is 6.61. The van der Waals surface area contributed by atoms with Gasteiger partial charge in [-0.2, -0.15) is 10.1 Å². The number of hydrazone groups is 1. The molecular weight excluding hydrogens is 178 g/mol. The van der Waals surface area contributed by atoms with Crippen molar-refractivity contribution in [2.75, 3.05) is 5.01 Å². The minimum atomic E-state index is -0.166. The molecule has 0 bridgehead atoms. The molecule has 0 saturated carbocycles. The number of nitrogens with two attached hydrogens (primary N) is 1. The second kappa shape index (κ2) is 4.41. The van der Waals surface area contributed by atoms with Crippen LogP contribution in [0.2, 0.25) is 0 Å². The van der Waals surface area contributed by atoms with Gasteiger partial charge in [-0.25, -0.2) is 0 Å². The van der Waals surface area contributed by atoms with Gasteiger partial charge in [0, 0.05) is 6.92 Å². The summed E-state index contributed by atoms with van der Waals surface area (Å²) in [4.78, 5) is 11.2. The number of nitrogens with zero attached hydrogens (tertiary/aromatic N) is 2. The van der Waals surface area contributed by atoms with Crippen molar-refractivity contribution in [2.24, 2.45) is 10.8 Å². The summed E-state index contributed by atoms with van der Waals surface area (Å²) >= 11 is 0. The Morgan fingerprint density at radius 1 is 1.29 bits per heavy atom. The summed E-state index contributed by atoms with van der Waals surface area (Å²) in [6, 6.07) is 9.15. The highest BCUT2D eigenvalue weighted by atomic mass is 16.2. The molecule has 0 aliphatic heterocycles. The second-order valence-corrected chi connectivity index (χ2v) is 2.91. The van der Waals surface area contributed by atoms with Crippen LogP contribution in [0.3, 0.4) is 0 Å². The summed E-state index contributed by atoms with van der Waals surface area (Å²) in [6.45, 7) is 3.08. The van der Waals surface area contributed by atoms with Crippen LogP contribution >= 0.6 is 0 Å². The summed E-state index contributed by atoms with van der Waals surface area (Å²) in [5, 5.41) is 5.20. The summed E-state index contributed by atoms with van der Waals surface area (Å²) in [5.41, 5.74) is 6.14. The van der Waals surface area contributed by atoms with Crippen LogP contribution in [0.25, 0.3) is 0 Å². The fourth-order valence-corrected chi connectivity index (χ4v) is 1.04. The number of carbonyl (C=O) groups is 1. The molecule has 0 aliphatic rings. The van der Waals surface area contributed by atoms with Gasteiger partial charge in [-0.3, -0.25) is 4.79 Å². The van der Waals surface area contributed by atoms with Gasteiger partial charge in [-0.15, -0.1) is 0 Å². The van der Waals surface area contributed by atoms with E-state index in [9.17, 15) is 4.79 Å². The lowest BCUT2D eigenvalue weighted by Gasteiger charge is -2.14. The molecule has 1 amide bonds. The largest absolute Gasteiger partial charge is 0.386 e. The Labute approximate surface area is 83.0 Å². The van der Waals surface area contributed by atoms with Crippen molar-refractivity contribution in [3.63, 3.8) is 0 Å². The minimum Gasteiger partial charge on any atom is -0.386 e. The minimum absolute atomic E-state index is 0.166. The number of amidine groups is 1. The van der Waals surface area contributed by atoms with Crippen molar-refractivity contribution in [1.29, 1.82) is 0 Å². The van der Waals surface area contributed by atoms with E-state index in [2.05, 4.69) is 5.10 Å². The summed E-state index contributed by atoms with van der Waals surface area (Å²) in [6.07, 6.45) is 0. The lowest BCUT2D eigenvalue weighted by atomic mass is 10.3. The van der Waals surface area contributed by atoms with Crippen LogP contribution in [0.1, 0.15) is 13.8 Å². The van der Waals surface area contributed by atoms with E-state index in [1.54, 1.807) is 19.1 Å². The normalized spacial score (nSPS) is 11.1. The van der Waals surface area contributed by atoms with Gasteiger partial charge in [0.05, 0.1) is 5.69 Å². The van der Waals surface area contributed by atoms with Gasteiger partial charge in [-0.1, -0.05) is 18.2 Å². The van der Waals surface area contributed by atoms with Gasteiger partial charge in [-0.05, 0) is 19.1 Å². The quantitative estimate of drug-likeness (QED) is 0.435. The fourth-order valence-electron chi connectivity index (χ4n) is 1.04. The number of anilines is 1. The molecule has 0 unspecified atom stereocenters. The lowest BCUT2D eigenvalue weighted by molar-refractivity contribution is -0.116. The van der Waals surface area contributed by atoms with E-state index >= 15 is 0 Å². The Morgan fingerprint density at radius 3 is 2.29 bits per heavy atom. The van der Waals surface area contributed by atoms with Gasteiger partial charge in [0.25, 0.3) is 0 Å². The molecule has 0 heterocycles. The molecule has 1 aromatic rings. The molecule has 0 atom stereocenters. The van der Waals surface area contributed by atoms with Crippen molar-refractivity contribution in [2.45, 2.75) is 13.8 Å². The van der Waals surface area contributed by atoms with Crippen LogP contribution in [0.4, 0.5) is 5.69 Å². The zero-order valence-electron chi connectivity index (χ0n) is 8.27. The van der Waals surface area contributed by atoms with Crippen LogP contribution in [0, 0.1) is 0 Å². The molecule has 2 N–H and O–H groups in total. The van der Waals surface area contributed by atoms with Crippen molar-refractivity contribution >= 4 is 17.4 Å². The van der Waals surface area contributed by atoms with Gasteiger partial charge in [0.15, 0.2) is 0 Å². The van der Waals surface area contributed by atoms with Crippen LogP contribution in [0.5, 0.6) is 0 Å². The summed E-state index contributed by atoms with van der Waals surface area (Å²) in [7, 11) is 0. The molecule has 0 radical (unpaired) electrons. The van der Waals surface area contributed by atoms with E-state index in [4.69, 9.17) is 5.73 Å². The van der Waals surface area contributed by atoms with E-state index < -0.39 is 0 Å². The highest BCUT2D eigenvalue weighted by molar-refractivity contribution is 5.93. The lowest BCUT2D eigenvalue weighted by Crippen LogP contribution is -2.25. The third-order valence-corrected chi connectivity index (χ3v) is 1.56. The highest BCUT2D eigenvalue weighted by Crippen LogP contribution is 2.13. The molecule has 74 valence electrons. The summed E-state index contributed by atoms with van der Waals surface area (Å²) in [5.74, 6) is 0.185. The van der Waals surface area contributed by atoms with Crippen LogP contribution < -0.4 is 10.7 Å². The van der Waals surface area contributed by atoms with Crippen molar-refractivity contribution < 1.29 is 4.79 Å². The molecule has 0 aromatic heterocycles. The van der Waals surface area contributed by atoms with E-state index in [0.29, 0.717) is 11.5 Å². The van der Waals surface area contributed by atoms with Crippen molar-refractivity contribution in [3.05, 3.63) is 30.3 Å². The average molecular weight is 191 g/mol. The Balaban J connectivity index is 3.01. The van der Waals surface area contributed by atoms with Crippen molar-refractivity contribution in [3.8, 4) is 0 Å². The maximum absolute atomic E-state index is 11.2. The third kappa shape index (κ3) is 2.58. The number of hydrogen-bond donors (Lipinski definition) is 1. The number of rotatable bonds is 2. The molecule has 0 saturated heterocycles. The molecule has 1 rings (SSSR count). The number of benzene rings is 1. The predicted molar refractivity (Wildman–Crippen MR) is 56.9 cm³/mol. The Morgan fingerprint density at radius 2 is 1.86 bits per heavy atom. The standard InChI is InChI=1S/C10H13N3O/c1-8(11)12-13(9(2)14)10-6-4-3-5-7-10/h3-7H,1-2H3,(H2,11,12). The third-order valence-electron chi connectivity index (χ3n) is 1.56. The maximum atomic E-state index is 11.2. The first-order valence-corrected chi connectivity index (χ1v) is 4.27. The molecule has 1 aromatic carbocycles. The predicted octanol–water partition coefficient (Wildman–Crippen LogP) is 1.33. The molecule has 0 aliphatic carbocycles. The monoisotopic (exact) mass is 191 g/mol.